The van der Waals surface area contributed by atoms with Gasteiger partial charge >= 0.3 is 5.69 Å². The minimum absolute atomic E-state index is 0.194. The smallest absolute Gasteiger partial charge is 0.304 e. The number of hydrogen-bond donors (Lipinski definition) is 1. The lowest BCUT2D eigenvalue weighted by Crippen LogP contribution is -2.39. The standard InChI is InChI=1S/C13H17N3O2S/c1-9(11-5-4-6-19-11)14-8-10-7-12(17)16(3)13(18)15(10)2/h4-7,9,14H,8H2,1-3H3. The summed E-state index contributed by atoms with van der Waals surface area (Å²) in [4.78, 5) is 24.6. The average Bonchev–Trinajstić information content (AvgIpc) is 2.92. The van der Waals surface area contributed by atoms with Gasteiger partial charge in [-0.3, -0.25) is 13.9 Å². The van der Waals surface area contributed by atoms with Crippen molar-refractivity contribution < 1.29 is 0 Å². The van der Waals surface area contributed by atoms with E-state index in [4.69, 9.17) is 0 Å². The summed E-state index contributed by atoms with van der Waals surface area (Å²) in [5.41, 5.74) is 0.119. The van der Waals surface area contributed by atoms with Crippen LogP contribution in [0.4, 0.5) is 0 Å². The van der Waals surface area contributed by atoms with Gasteiger partial charge < -0.3 is 5.32 Å². The maximum absolute atomic E-state index is 11.8. The van der Waals surface area contributed by atoms with Gasteiger partial charge in [0, 0.05) is 43.3 Å². The second-order valence-corrected chi connectivity index (χ2v) is 5.47. The van der Waals surface area contributed by atoms with Crippen LogP contribution < -0.4 is 16.6 Å². The maximum atomic E-state index is 11.8. The fraction of sp³-hybridized carbons (Fsp3) is 0.385. The molecule has 5 nitrogen and oxygen atoms in total. The van der Waals surface area contributed by atoms with E-state index in [2.05, 4.69) is 18.3 Å². The molecular formula is C13H17N3O2S. The molecule has 0 aliphatic carbocycles. The van der Waals surface area contributed by atoms with E-state index in [1.165, 1.54) is 22.6 Å². The fourth-order valence-corrected chi connectivity index (χ4v) is 2.60. The largest absolute Gasteiger partial charge is 0.330 e. The number of aromatic nitrogens is 2. The van der Waals surface area contributed by atoms with E-state index in [9.17, 15) is 9.59 Å². The monoisotopic (exact) mass is 279 g/mol. The Morgan fingerprint density at radius 1 is 1.32 bits per heavy atom. The highest BCUT2D eigenvalue weighted by Crippen LogP contribution is 2.18. The molecule has 2 aromatic rings. The zero-order valence-electron chi connectivity index (χ0n) is 11.2. The Balaban J connectivity index is 2.17. The lowest BCUT2D eigenvalue weighted by atomic mass is 10.2. The van der Waals surface area contributed by atoms with Crippen LogP contribution in [0, 0.1) is 0 Å². The summed E-state index contributed by atoms with van der Waals surface area (Å²) in [6.07, 6.45) is 0. The van der Waals surface area contributed by atoms with Crippen LogP contribution >= 0.6 is 11.3 Å². The third kappa shape index (κ3) is 2.85. The number of thiophene rings is 1. The number of rotatable bonds is 4. The summed E-state index contributed by atoms with van der Waals surface area (Å²) < 4.78 is 2.60. The lowest BCUT2D eigenvalue weighted by Gasteiger charge is -2.14. The quantitative estimate of drug-likeness (QED) is 0.908. The van der Waals surface area contributed by atoms with Crippen LogP contribution in [0.5, 0.6) is 0 Å². The number of hydrogen-bond acceptors (Lipinski definition) is 4. The molecule has 2 heterocycles. The zero-order chi connectivity index (χ0) is 14.0. The first-order chi connectivity index (χ1) is 9.00. The maximum Gasteiger partial charge on any atom is 0.330 e. The number of nitrogens with one attached hydrogen (secondary N) is 1. The molecule has 0 aromatic carbocycles. The summed E-state index contributed by atoms with van der Waals surface area (Å²) >= 11 is 1.68. The van der Waals surface area contributed by atoms with Crippen molar-refractivity contribution in [3.05, 3.63) is 55.0 Å². The Hall–Kier alpha value is -1.66. The van der Waals surface area contributed by atoms with E-state index >= 15 is 0 Å². The van der Waals surface area contributed by atoms with Crippen molar-refractivity contribution >= 4 is 11.3 Å². The van der Waals surface area contributed by atoms with Gasteiger partial charge in [-0.25, -0.2) is 4.79 Å². The van der Waals surface area contributed by atoms with Gasteiger partial charge in [-0.05, 0) is 18.4 Å². The summed E-state index contributed by atoms with van der Waals surface area (Å²) in [5, 5.41) is 5.35. The van der Waals surface area contributed by atoms with Gasteiger partial charge in [0.1, 0.15) is 0 Å². The molecule has 19 heavy (non-hydrogen) atoms. The first-order valence-electron chi connectivity index (χ1n) is 6.03. The highest BCUT2D eigenvalue weighted by molar-refractivity contribution is 7.10. The molecule has 0 aliphatic heterocycles. The summed E-state index contributed by atoms with van der Waals surface area (Å²) in [7, 11) is 3.16. The van der Waals surface area contributed by atoms with Crippen LogP contribution in [0.2, 0.25) is 0 Å². The van der Waals surface area contributed by atoms with Crippen LogP contribution in [0.15, 0.2) is 33.2 Å². The molecule has 1 atom stereocenters. The van der Waals surface area contributed by atoms with Gasteiger partial charge in [-0.1, -0.05) is 6.07 Å². The molecule has 1 unspecified atom stereocenters. The second-order valence-electron chi connectivity index (χ2n) is 4.49. The van der Waals surface area contributed by atoms with Crippen LogP contribution in [-0.2, 0) is 20.6 Å². The third-order valence-electron chi connectivity index (χ3n) is 3.18. The van der Waals surface area contributed by atoms with Crippen molar-refractivity contribution in [2.24, 2.45) is 14.1 Å². The normalized spacial score (nSPS) is 12.6. The SMILES string of the molecule is CC(NCc1cc(=O)n(C)c(=O)n1C)c1cccs1. The molecule has 2 aromatic heterocycles. The third-order valence-corrected chi connectivity index (χ3v) is 4.24. The Morgan fingerprint density at radius 2 is 2.05 bits per heavy atom. The summed E-state index contributed by atoms with van der Waals surface area (Å²) in [5.74, 6) is 0. The lowest BCUT2D eigenvalue weighted by molar-refractivity contribution is 0.545. The topological polar surface area (TPSA) is 56.0 Å². The minimum Gasteiger partial charge on any atom is -0.304 e. The Labute approximate surface area is 115 Å². The summed E-state index contributed by atoms with van der Waals surface area (Å²) in [6.45, 7) is 2.55. The molecule has 6 heteroatoms. The molecule has 0 saturated heterocycles. The van der Waals surface area contributed by atoms with Crippen molar-refractivity contribution in [1.82, 2.24) is 14.5 Å². The molecule has 0 radical (unpaired) electrons. The van der Waals surface area contributed by atoms with E-state index in [1.54, 1.807) is 18.4 Å². The summed E-state index contributed by atoms with van der Waals surface area (Å²) in [6, 6.07) is 5.76. The van der Waals surface area contributed by atoms with Gasteiger partial charge in [0.25, 0.3) is 5.56 Å². The van der Waals surface area contributed by atoms with Gasteiger partial charge in [0.2, 0.25) is 0 Å². The Bertz CT molecular complexity index is 670. The van der Waals surface area contributed by atoms with Gasteiger partial charge in [-0.15, -0.1) is 11.3 Å². The van der Waals surface area contributed by atoms with Crippen LogP contribution in [0.25, 0.3) is 0 Å². The predicted octanol–water partition coefficient (Wildman–Crippen LogP) is 0.996. The molecule has 0 fully saturated rings. The van der Waals surface area contributed by atoms with Crippen molar-refractivity contribution in [2.45, 2.75) is 19.5 Å². The molecule has 0 spiro atoms. The first-order valence-corrected chi connectivity index (χ1v) is 6.91. The minimum atomic E-state index is -0.298. The van der Waals surface area contributed by atoms with Crippen molar-refractivity contribution in [1.29, 1.82) is 0 Å². The second kappa shape index (κ2) is 5.54. The molecule has 0 saturated carbocycles. The van der Waals surface area contributed by atoms with Crippen molar-refractivity contribution in [3.63, 3.8) is 0 Å². The van der Waals surface area contributed by atoms with Crippen LogP contribution in [0.1, 0.15) is 23.5 Å². The first kappa shape index (κ1) is 13.8. The molecule has 102 valence electrons. The van der Waals surface area contributed by atoms with E-state index in [0.29, 0.717) is 12.2 Å². The van der Waals surface area contributed by atoms with E-state index in [1.807, 2.05) is 11.4 Å². The highest BCUT2D eigenvalue weighted by Gasteiger charge is 2.09. The van der Waals surface area contributed by atoms with Crippen molar-refractivity contribution in [3.8, 4) is 0 Å². The average molecular weight is 279 g/mol. The molecule has 0 bridgehead atoms. The fourth-order valence-electron chi connectivity index (χ4n) is 1.84. The van der Waals surface area contributed by atoms with Gasteiger partial charge in [-0.2, -0.15) is 0 Å². The molecule has 1 N–H and O–H groups in total. The van der Waals surface area contributed by atoms with Gasteiger partial charge in [0.05, 0.1) is 0 Å². The highest BCUT2D eigenvalue weighted by atomic mass is 32.1. The Kier molecular flexibility index (Phi) is 4.01. The van der Waals surface area contributed by atoms with Crippen LogP contribution in [-0.4, -0.2) is 9.13 Å². The van der Waals surface area contributed by atoms with E-state index < -0.39 is 0 Å². The van der Waals surface area contributed by atoms with Crippen molar-refractivity contribution in [2.75, 3.05) is 0 Å². The predicted molar refractivity (Wildman–Crippen MR) is 76.5 cm³/mol. The Morgan fingerprint density at radius 3 is 2.68 bits per heavy atom. The zero-order valence-corrected chi connectivity index (χ0v) is 12.0. The number of nitrogens with zero attached hydrogens (tertiary/aromatic N) is 2. The molecule has 0 aliphatic rings. The van der Waals surface area contributed by atoms with Gasteiger partial charge in [0.15, 0.2) is 0 Å². The van der Waals surface area contributed by atoms with E-state index in [0.717, 1.165) is 4.57 Å². The molecule has 2 rings (SSSR count). The van der Waals surface area contributed by atoms with Crippen LogP contribution in [0.3, 0.4) is 0 Å². The molecular weight excluding hydrogens is 262 g/mol. The van der Waals surface area contributed by atoms with E-state index in [-0.39, 0.29) is 17.3 Å². The molecule has 0 amide bonds.